The zero-order valence-corrected chi connectivity index (χ0v) is 12.6. The molecule has 0 radical (unpaired) electrons. The monoisotopic (exact) mass is 255 g/mol. The number of carbonyl (C=O) groups excluding carboxylic acids is 1. The predicted octanol–water partition coefficient (Wildman–Crippen LogP) is 2.85. The van der Waals surface area contributed by atoms with Crippen LogP contribution >= 0.6 is 0 Å². The third-order valence-electron chi connectivity index (χ3n) is 3.77. The number of hydrogen-bond donors (Lipinski definition) is 1. The lowest BCUT2D eigenvalue weighted by Gasteiger charge is -2.36. The lowest BCUT2D eigenvalue weighted by molar-refractivity contribution is -0.151. The van der Waals surface area contributed by atoms with Gasteiger partial charge in [0.05, 0.1) is 12.5 Å². The molecule has 0 amide bonds. The Hall–Kier alpha value is -0.570. The van der Waals surface area contributed by atoms with Crippen LogP contribution in [0.1, 0.15) is 47.5 Å². The molecular weight excluding hydrogens is 226 g/mol. The first-order valence-corrected chi connectivity index (χ1v) is 7.28. The summed E-state index contributed by atoms with van der Waals surface area (Å²) in [6, 6.07) is 0. The molecule has 3 nitrogen and oxygen atoms in total. The molecule has 1 fully saturated rings. The summed E-state index contributed by atoms with van der Waals surface area (Å²) < 4.78 is 5.27. The third kappa shape index (κ3) is 3.71. The largest absolute Gasteiger partial charge is 0.466 e. The normalized spacial score (nSPS) is 22.7. The van der Waals surface area contributed by atoms with E-state index in [-0.39, 0.29) is 17.3 Å². The highest BCUT2D eigenvalue weighted by Crippen LogP contribution is 2.43. The molecule has 1 unspecified atom stereocenters. The van der Waals surface area contributed by atoms with Crippen molar-refractivity contribution in [2.75, 3.05) is 19.7 Å². The minimum Gasteiger partial charge on any atom is -0.466 e. The number of ether oxygens (including phenoxy) is 1. The van der Waals surface area contributed by atoms with Crippen molar-refractivity contribution in [1.82, 2.24) is 5.32 Å². The molecule has 18 heavy (non-hydrogen) atoms. The Labute approximate surface area is 112 Å². The number of nitrogens with one attached hydrogen (secondary N) is 1. The van der Waals surface area contributed by atoms with Gasteiger partial charge in [0.25, 0.3) is 0 Å². The van der Waals surface area contributed by atoms with Crippen LogP contribution in [0.3, 0.4) is 0 Å². The molecule has 1 saturated heterocycles. The zero-order chi connectivity index (χ0) is 13.8. The van der Waals surface area contributed by atoms with Gasteiger partial charge in [-0.1, -0.05) is 27.7 Å². The van der Waals surface area contributed by atoms with Crippen molar-refractivity contribution in [2.24, 2.45) is 23.2 Å². The fourth-order valence-corrected chi connectivity index (χ4v) is 3.52. The Kier molecular flexibility index (Phi) is 5.64. The first kappa shape index (κ1) is 15.5. The van der Waals surface area contributed by atoms with Gasteiger partial charge in [0.2, 0.25) is 0 Å². The van der Waals surface area contributed by atoms with E-state index in [2.05, 4.69) is 33.0 Å². The van der Waals surface area contributed by atoms with Gasteiger partial charge in [-0.15, -0.1) is 0 Å². The van der Waals surface area contributed by atoms with Crippen LogP contribution in [0.25, 0.3) is 0 Å². The molecule has 0 aliphatic carbocycles. The topological polar surface area (TPSA) is 38.3 Å². The molecule has 0 bridgehead atoms. The van der Waals surface area contributed by atoms with Crippen molar-refractivity contribution in [3.8, 4) is 0 Å². The third-order valence-corrected chi connectivity index (χ3v) is 3.77. The van der Waals surface area contributed by atoms with Crippen LogP contribution in [0.5, 0.6) is 0 Å². The smallest absolute Gasteiger partial charge is 0.310 e. The summed E-state index contributed by atoms with van der Waals surface area (Å²) >= 11 is 0. The van der Waals surface area contributed by atoms with Crippen LogP contribution < -0.4 is 5.32 Å². The van der Waals surface area contributed by atoms with Gasteiger partial charge in [-0.25, -0.2) is 0 Å². The number of hydrogen-bond acceptors (Lipinski definition) is 3. The summed E-state index contributed by atoms with van der Waals surface area (Å²) in [5.74, 6) is 1.24. The predicted molar refractivity (Wildman–Crippen MR) is 74.3 cm³/mol. The van der Waals surface area contributed by atoms with Crippen molar-refractivity contribution >= 4 is 5.97 Å². The first-order chi connectivity index (χ1) is 8.41. The lowest BCUT2D eigenvalue weighted by Crippen LogP contribution is -2.38. The van der Waals surface area contributed by atoms with E-state index < -0.39 is 0 Å². The van der Waals surface area contributed by atoms with Gasteiger partial charge < -0.3 is 10.1 Å². The molecule has 0 aromatic carbocycles. The van der Waals surface area contributed by atoms with Gasteiger partial charge in [-0.05, 0) is 37.0 Å². The second-order valence-corrected chi connectivity index (χ2v) is 6.49. The summed E-state index contributed by atoms with van der Waals surface area (Å²) in [5.41, 5.74) is 0.0919. The molecule has 106 valence electrons. The quantitative estimate of drug-likeness (QED) is 0.742. The van der Waals surface area contributed by atoms with E-state index in [0.717, 1.165) is 25.9 Å². The molecule has 0 aromatic heterocycles. The maximum atomic E-state index is 12.2. The highest BCUT2D eigenvalue weighted by Gasteiger charge is 2.47. The van der Waals surface area contributed by atoms with Gasteiger partial charge in [0, 0.05) is 13.1 Å². The zero-order valence-electron chi connectivity index (χ0n) is 12.6. The molecule has 3 heteroatoms. The second-order valence-electron chi connectivity index (χ2n) is 6.49. The molecule has 1 atom stereocenters. The van der Waals surface area contributed by atoms with Gasteiger partial charge in [-0.3, -0.25) is 4.79 Å². The average Bonchev–Trinajstić information content (AvgIpc) is 2.59. The van der Waals surface area contributed by atoms with E-state index in [4.69, 9.17) is 4.74 Å². The molecule has 0 saturated carbocycles. The fraction of sp³-hybridized carbons (Fsp3) is 0.933. The second kappa shape index (κ2) is 6.55. The van der Waals surface area contributed by atoms with Crippen LogP contribution in [-0.2, 0) is 9.53 Å². The Morgan fingerprint density at radius 3 is 2.28 bits per heavy atom. The fourth-order valence-electron chi connectivity index (χ4n) is 3.52. The first-order valence-electron chi connectivity index (χ1n) is 7.28. The standard InChI is InChI=1S/C15H29NO2/c1-6-18-14(17)13-9-16-10-15(13,7-11(2)3)8-12(4)5/h11-13,16H,6-10H2,1-5H3. The number of esters is 1. The molecule has 0 aromatic rings. The van der Waals surface area contributed by atoms with Crippen LogP contribution in [-0.4, -0.2) is 25.7 Å². The summed E-state index contributed by atoms with van der Waals surface area (Å²) in [4.78, 5) is 12.2. The molecule has 1 aliphatic rings. The average molecular weight is 255 g/mol. The molecule has 1 aliphatic heterocycles. The van der Waals surface area contributed by atoms with Crippen molar-refractivity contribution in [2.45, 2.75) is 47.5 Å². The number of rotatable bonds is 6. The maximum Gasteiger partial charge on any atom is 0.310 e. The van der Waals surface area contributed by atoms with Crippen LogP contribution in [0.4, 0.5) is 0 Å². The number of carbonyl (C=O) groups is 1. The van der Waals surface area contributed by atoms with Gasteiger partial charge in [0.1, 0.15) is 0 Å². The van der Waals surface area contributed by atoms with E-state index in [9.17, 15) is 4.79 Å². The minimum atomic E-state index is -0.0104. The summed E-state index contributed by atoms with van der Waals surface area (Å²) in [6.45, 7) is 13.0. The lowest BCUT2D eigenvalue weighted by atomic mass is 9.68. The molecule has 1 heterocycles. The summed E-state index contributed by atoms with van der Waals surface area (Å²) in [7, 11) is 0. The van der Waals surface area contributed by atoms with Crippen LogP contribution in [0, 0.1) is 23.2 Å². The van der Waals surface area contributed by atoms with Crippen LogP contribution in [0.15, 0.2) is 0 Å². The highest BCUT2D eigenvalue weighted by atomic mass is 16.5. The Balaban J connectivity index is 2.88. The molecule has 1 rings (SSSR count). The van der Waals surface area contributed by atoms with E-state index in [1.54, 1.807) is 0 Å². The van der Waals surface area contributed by atoms with Crippen molar-refractivity contribution < 1.29 is 9.53 Å². The maximum absolute atomic E-state index is 12.2. The van der Waals surface area contributed by atoms with E-state index in [1.165, 1.54) is 0 Å². The SMILES string of the molecule is CCOC(=O)C1CNCC1(CC(C)C)CC(C)C. The van der Waals surface area contributed by atoms with Gasteiger partial charge in [0.15, 0.2) is 0 Å². The highest BCUT2D eigenvalue weighted by molar-refractivity contribution is 5.74. The van der Waals surface area contributed by atoms with Crippen molar-refractivity contribution in [3.05, 3.63) is 0 Å². The Morgan fingerprint density at radius 1 is 1.28 bits per heavy atom. The summed E-state index contributed by atoms with van der Waals surface area (Å²) in [5, 5.41) is 3.41. The van der Waals surface area contributed by atoms with E-state index in [0.29, 0.717) is 18.4 Å². The Morgan fingerprint density at radius 2 is 1.83 bits per heavy atom. The van der Waals surface area contributed by atoms with Gasteiger partial charge >= 0.3 is 5.97 Å². The van der Waals surface area contributed by atoms with Gasteiger partial charge in [-0.2, -0.15) is 0 Å². The minimum absolute atomic E-state index is 0.0104. The Bertz CT molecular complexity index is 264. The van der Waals surface area contributed by atoms with E-state index in [1.807, 2.05) is 6.92 Å². The van der Waals surface area contributed by atoms with Crippen molar-refractivity contribution in [1.29, 1.82) is 0 Å². The summed E-state index contributed by atoms with van der Waals surface area (Å²) in [6.07, 6.45) is 2.20. The van der Waals surface area contributed by atoms with Crippen molar-refractivity contribution in [3.63, 3.8) is 0 Å². The molecule has 0 spiro atoms. The van der Waals surface area contributed by atoms with E-state index >= 15 is 0 Å². The van der Waals surface area contributed by atoms with Crippen LogP contribution in [0.2, 0.25) is 0 Å². The molecular formula is C15H29NO2. The molecule has 1 N–H and O–H groups in total.